The van der Waals surface area contributed by atoms with Gasteiger partial charge < -0.3 is 24.4 Å². The molecule has 0 radical (unpaired) electrons. The molecule has 148 valence electrons. The first-order valence-corrected chi connectivity index (χ1v) is 9.48. The van der Waals surface area contributed by atoms with Crippen LogP contribution in [0.1, 0.15) is 5.56 Å². The summed E-state index contributed by atoms with van der Waals surface area (Å²) in [6, 6.07) is 14.9. The van der Waals surface area contributed by atoms with Crippen LogP contribution in [0.2, 0.25) is 0 Å². The minimum Gasteiger partial charge on any atom is -0.486 e. The number of carbonyl (C=O) groups excluding carboxylic acids is 1. The average molecular weight is 391 g/mol. The van der Waals surface area contributed by atoms with E-state index in [-0.39, 0.29) is 5.57 Å². The second-order valence-corrected chi connectivity index (χ2v) is 6.67. The molecular formula is C22H21N3O4. The molecule has 7 heteroatoms. The Morgan fingerprint density at radius 2 is 1.72 bits per heavy atom. The number of amides is 1. The lowest BCUT2D eigenvalue weighted by molar-refractivity contribution is -0.112. The van der Waals surface area contributed by atoms with Gasteiger partial charge in [0.15, 0.2) is 11.5 Å². The molecule has 1 saturated heterocycles. The summed E-state index contributed by atoms with van der Waals surface area (Å²) >= 11 is 0. The number of anilines is 2. The molecule has 2 heterocycles. The van der Waals surface area contributed by atoms with E-state index in [9.17, 15) is 10.1 Å². The summed E-state index contributed by atoms with van der Waals surface area (Å²) in [6.07, 6.45) is 1.58. The second kappa shape index (κ2) is 8.67. The number of nitrogens with one attached hydrogen (secondary N) is 1. The van der Waals surface area contributed by atoms with E-state index in [0.717, 1.165) is 37.6 Å². The minimum atomic E-state index is -0.471. The van der Waals surface area contributed by atoms with Crippen LogP contribution in [0.3, 0.4) is 0 Å². The van der Waals surface area contributed by atoms with E-state index >= 15 is 0 Å². The maximum atomic E-state index is 12.5. The topological polar surface area (TPSA) is 83.8 Å². The third-order valence-corrected chi connectivity index (χ3v) is 4.75. The summed E-state index contributed by atoms with van der Waals surface area (Å²) in [5.74, 6) is 0.752. The first-order valence-electron chi connectivity index (χ1n) is 9.48. The van der Waals surface area contributed by atoms with Crippen molar-refractivity contribution in [2.75, 3.05) is 49.7 Å². The maximum Gasteiger partial charge on any atom is 0.266 e. The summed E-state index contributed by atoms with van der Waals surface area (Å²) in [4.78, 5) is 14.8. The van der Waals surface area contributed by atoms with Gasteiger partial charge in [0, 0.05) is 30.5 Å². The van der Waals surface area contributed by atoms with Crippen molar-refractivity contribution >= 4 is 23.4 Å². The van der Waals surface area contributed by atoms with E-state index in [4.69, 9.17) is 14.2 Å². The molecule has 1 N–H and O–H groups in total. The zero-order valence-corrected chi connectivity index (χ0v) is 15.9. The zero-order chi connectivity index (χ0) is 20.1. The lowest BCUT2D eigenvalue weighted by atomic mass is 10.1. The normalized spacial score (nSPS) is 16.1. The van der Waals surface area contributed by atoms with Gasteiger partial charge in [-0.05, 0) is 35.9 Å². The first kappa shape index (κ1) is 18.8. The number of nitriles is 1. The fraction of sp³-hybridized carbons (Fsp3) is 0.273. The van der Waals surface area contributed by atoms with Gasteiger partial charge in [0.2, 0.25) is 0 Å². The number of fused-ring (bicyclic) bond motifs is 1. The summed E-state index contributed by atoms with van der Waals surface area (Å²) in [5.41, 5.74) is 2.46. The lowest BCUT2D eigenvalue weighted by Gasteiger charge is -2.28. The lowest BCUT2D eigenvalue weighted by Crippen LogP contribution is -2.36. The van der Waals surface area contributed by atoms with Crippen LogP contribution >= 0.6 is 0 Å². The Balaban J connectivity index is 1.45. The maximum absolute atomic E-state index is 12.5. The quantitative estimate of drug-likeness (QED) is 0.637. The van der Waals surface area contributed by atoms with Gasteiger partial charge in [-0.1, -0.05) is 12.1 Å². The van der Waals surface area contributed by atoms with E-state index in [1.807, 2.05) is 30.3 Å². The average Bonchev–Trinajstić information content (AvgIpc) is 2.78. The SMILES string of the molecule is N#C/C(=C/c1ccc(N2CCOCC2)cc1)C(=O)Nc1ccc2c(c1)OCCO2. The van der Waals surface area contributed by atoms with Gasteiger partial charge in [-0.15, -0.1) is 0 Å². The molecule has 4 rings (SSSR count). The van der Waals surface area contributed by atoms with Gasteiger partial charge in [-0.25, -0.2) is 0 Å². The van der Waals surface area contributed by atoms with Crippen LogP contribution in [-0.4, -0.2) is 45.4 Å². The Labute approximate surface area is 169 Å². The van der Waals surface area contributed by atoms with Crippen molar-refractivity contribution < 1.29 is 19.0 Å². The predicted octanol–water partition coefficient (Wildman–Crippen LogP) is 2.84. The van der Waals surface area contributed by atoms with Crippen molar-refractivity contribution in [3.63, 3.8) is 0 Å². The molecule has 0 bridgehead atoms. The van der Waals surface area contributed by atoms with Crippen molar-refractivity contribution in [3.8, 4) is 17.6 Å². The van der Waals surface area contributed by atoms with Gasteiger partial charge in [-0.3, -0.25) is 4.79 Å². The number of hydrogen-bond donors (Lipinski definition) is 1. The van der Waals surface area contributed by atoms with Crippen LogP contribution in [0.25, 0.3) is 6.08 Å². The van der Waals surface area contributed by atoms with E-state index in [1.54, 1.807) is 24.3 Å². The van der Waals surface area contributed by atoms with Crippen molar-refractivity contribution in [2.24, 2.45) is 0 Å². The highest BCUT2D eigenvalue weighted by atomic mass is 16.6. The molecule has 7 nitrogen and oxygen atoms in total. The van der Waals surface area contributed by atoms with Crippen molar-refractivity contribution in [2.45, 2.75) is 0 Å². The van der Waals surface area contributed by atoms with E-state index < -0.39 is 5.91 Å². The van der Waals surface area contributed by atoms with Crippen LogP contribution in [0.5, 0.6) is 11.5 Å². The van der Waals surface area contributed by atoms with Crippen molar-refractivity contribution in [1.82, 2.24) is 0 Å². The molecule has 0 aliphatic carbocycles. The number of nitrogens with zero attached hydrogens (tertiary/aromatic N) is 2. The van der Waals surface area contributed by atoms with Crippen molar-refractivity contribution in [3.05, 3.63) is 53.6 Å². The van der Waals surface area contributed by atoms with Crippen LogP contribution < -0.4 is 19.7 Å². The largest absolute Gasteiger partial charge is 0.486 e. The van der Waals surface area contributed by atoms with Crippen LogP contribution in [-0.2, 0) is 9.53 Å². The second-order valence-electron chi connectivity index (χ2n) is 6.67. The Morgan fingerprint density at radius 3 is 2.45 bits per heavy atom. The number of benzene rings is 2. The predicted molar refractivity (Wildman–Crippen MR) is 109 cm³/mol. The minimum absolute atomic E-state index is 0.0269. The molecule has 0 aromatic heterocycles. The molecule has 2 aliphatic heterocycles. The van der Waals surface area contributed by atoms with E-state index in [1.165, 1.54) is 0 Å². The standard InChI is InChI=1S/C22H21N3O4/c23-15-17(13-16-1-4-19(5-2-16)25-7-9-27-10-8-25)22(26)24-18-3-6-20-21(14-18)29-12-11-28-20/h1-6,13-14H,7-12H2,(H,24,26)/b17-13-. The number of morpholine rings is 1. The summed E-state index contributed by atoms with van der Waals surface area (Å²) in [6.45, 7) is 4.13. The van der Waals surface area contributed by atoms with Crippen LogP contribution in [0.15, 0.2) is 48.0 Å². The fourth-order valence-electron chi connectivity index (χ4n) is 3.24. The molecule has 2 aliphatic rings. The highest BCUT2D eigenvalue weighted by molar-refractivity contribution is 6.09. The number of rotatable bonds is 4. The summed E-state index contributed by atoms with van der Waals surface area (Å²) < 4.78 is 16.4. The number of hydrogen-bond acceptors (Lipinski definition) is 6. The molecule has 0 unspecified atom stereocenters. The van der Waals surface area contributed by atoms with Crippen LogP contribution in [0, 0.1) is 11.3 Å². The summed E-state index contributed by atoms with van der Waals surface area (Å²) in [7, 11) is 0. The third-order valence-electron chi connectivity index (χ3n) is 4.75. The number of carbonyl (C=O) groups is 1. The van der Waals surface area contributed by atoms with Gasteiger partial charge in [-0.2, -0.15) is 5.26 Å². The van der Waals surface area contributed by atoms with Crippen molar-refractivity contribution in [1.29, 1.82) is 5.26 Å². The molecule has 0 saturated carbocycles. The third kappa shape index (κ3) is 4.50. The Bertz CT molecular complexity index is 957. The highest BCUT2D eigenvalue weighted by Gasteiger charge is 2.15. The Kier molecular flexibility index (Phi) is 5.63. The molecule has 2 aromatic rings. The number of ether oxygens (including phenoxy) is 3. The molecule has 29 heavy (non-hydrogen) atoms. The molecule has 1 amide bonds. The Hall–Kier alpha value is -3.50. The zero-order valence-electron chi connectivity index (χ0n) is 15.9. The molecular weight excluding hydrogens is 370 g/mol. The van der Waals surface area contributed by atoms with Gasteiger partial charge in [0.25, 0.3) is 5.91 Å². The summed E-state index contributed by atoms with van der Waals surface area (Å²) in [5, 5.41) is 12.2. The van der Waals surface area contributed by atoms with E-state index in [2.05, 4.69) is 10.2 Å². The highest BCUT2D eigenvalue weighted by Crippen LogP contribution is 2.32. The first-order chi connectivity index (χ1) is 14.2. The van der Waals surface area contributed by atoms with E-state index in [0.29, 0.717) is 30.4 Å². The molecule has 2 aromatic carbocycles. The fourth-order valence-corrected chi connectivity index (χ4v) is 3.24. The molecule has 0 spiro atoms. The van der Waals surface area contributed by atoms with Crippen LogP contribution in [0.4, 0.5) is 11.4 Å². The molecule has 1 fully saturated rings. The molecule has 0 atom stereocenters. The smallest absolute Gasteiger partial charge is 0.266 e. The van der Waals surface area contributed by atoms with Gasteiger partial charge >= 0.3 is 0 Å². The van der Waals surface area contributed by atoms with Gasteiger partial charge in [0.1, 0.15) is 24.9 Å². The Morgan fingerprint density at radius 1 is 1.00 bits per heavy atom. The monoisotopic (exact) mass is 391 g/mol. The van der Waals surface area contributed by atoms with Gasteiger partial charge in [0.05, 0.1) is 13.2 Å².